The van der Waals surface area contributed by atoms with Crippen LogP contribution in [0.15, 0.2) is 60.7 Å². The number of ether oxygens (including phenoxy) is 5. The number of hydrogen-bond acceptors (Lipinski definition) is 14. The van der Waals surface area contributed by atoms with Crippen LogP contribution in [0.4, 0.5) is 4.79 Å². The number of β-lactam (4-membered cyclic amide) rings is 1. The van der Waals surface area contributed by atoms with E-state index >= 15 is 0 Å². The molecule has 3 saturated heterocycles. The number of thioether (sulfide) groups is 1. The normalized spacial score (nSPS) is 21.2. The Kier molecular flexibility index (Phi) is 12.7. The topological polar surface area (TPSA) is 194 Å². The summed E-state index contributed by atoms with van der Waals surface area (Å²) in [6, 6.07) is 14.2. The molecule has 1 unspecified atom stereocenters. The smallest absolute Gasteiger partial charge is 0.418 e. The summed E-state index contributed by atoms with van der Waals surface area (Å²) in [6.07, 6.45) is -1.23. The standard InChI is InChI=1S/C40H42BClN4O12S/c1-39(2,3)57-38(52)46(27-7-6-18-45(33(27)48)40(37(51)58-41)21-44-34(49)30(43)36(44)59-40)35(50)31(47)26-16-17-28(55-19-22-8-12-24(53-4)13-9-22)32(29(26)42)56-20-23-10-14-25(54-5)15-11-23/h8-17,27,30,36H,6-7,18-21,43H2,1-5H3/t27-,30?,36+,40+/m0/s1. The molecule has 0 saturated carbocycles. The molecule has 3 aromatic rings. The summed E-state index contributed by atoms with van der Waals surface area (Å²) in [5.41, 5.74) is 5.94. The van der Waals surface area contributed by atoms with Gasteiger partial charge in [-0.25, -0.2) is 9.69 Å². The van der Waals surface area contributed by atoms with Gasteiger partial charge in [0.05, 0.1) is 31.4 Å². The van der Waals surface area contributed by atoms with Crippen LogP contribution >= 0.6 is 23.4 Å². The van der Waals surface area contributed by atoms with E-state index in [1.165, 1.54) is 24.1 Å². The maximum absolute atomic E-state index is 14.5. The van der Waals surface area contributed by atoms with Gasteiger partial charge in [-0.15, -0.1) is 0 Å². The number of benzene rings is 3. The fourth-order valence-corrected chi connectivity index (χ4v) is 8.78. The van der Waals surface area contributed by atoms with E-state index in [9.17, 15) is 28.8 Å². The van der Waals surface area contributed by atoms with Crippen molar-refractivity contribution < 1.29 is 57.1 Å². The van der Waals surface area contributed by atoms with Crippen molar-refractivity contribution >= 4 is 67.0 Å². The maximum atomic E-state index is 14.5. The number of hydrogen-bond donors (Lipinski definition) is 1. The molecule has 4 atom stereocenters. The Bertz CT molecular complexity index is 2140. The molecule has 16 nitrogen and oxygen atoms in total. The molecule has 2 N–H and O–H groups in total. The van der Waals surface area contributed by atoms with Crippen molar-refractivity contribution in [3.8, 4) is 23.0 Å². The first-order valence-corrected chi connectivity index (χ1v) is 19.7. The molecular formula is C40H42BClN4O12S. The van der Waals surface area contributed by atoms with Crippen molar-refractivity contribution in [2.45, 2.75) is 74.8 Å². The number of amides is 4. The van der Waals surface area contributed by atoms with Crippen molar-refractivity contribution in [3.05, 3.63) is 82.4 Å². The molecule has 19 heteroatoms. The number of imide groups is 1. The summed E-state index contributed by atoms with van der Waals surface area (Å²) >= 11 is 7.80. The largest absolute Gasteiger partial charge is 0.541 e. The minimum absolute atomic E-state index is 0.0373. The molecule has 3 aliphatic rings. The van der Waals surface area contributed by atoms with Crippen LogP contribution in [-0.2, 0) is 41.8 Å². The molecule has 3 aliphatic heterocycles. The molecule has 0 spiro atoms. The van der Waals surface area contributed by atoms with Crippen LogP contribution < -0.4 is 24.7 Å². The molecular weight excluding hydrogens is 807 g/mol. The van der Waals surface area contributed by atoms with Gasteiger partial charge < -0.3 is 43.9 Å². The number of nitrogens with two attached hydrogens (primary N) is 1. The van der Waals surface area contributed by atoms with E-state index in [2.05, 4.69) is 4.65 Å². The molecule has 0 bridgehead atoms. The van der Waals surface area contributed by atoms with Crippen LogP contribution in [0.2, 0.25) is 5.02 Å². The zero-order valence-corrected chi connectivity index (χ0v) is 34.5. The second-order valence-corrected chi connectivity index (χ2v) is 16.6. The Morgan fingerprint density at radius 3 is 2.05 bits per heavy atom. The number of ketones is 1. The van der Waals surface area contributed by atoms with Gasteiger partial charge in [0.1, 0.15) is 47.8 Å². The lowest BCUT2D eigenvalue weighted by Crippen LogP contribution is -2.67. The maximum Gasteiger partial charge on any atom is 0.418 e. The molecule has 3 aromatic carbocycles. The molecule has 6 rings (SSSR count). The minimum atomic E-state index is -1.85. The summed E-state index contributed by atoms with van der Waals surface area (Å²) in [5.74, 6) is -3.74. The Hall–Kier alpha value is -5.46. The summed E-state index contributed by atoms with van der Waals surface area (Å²) in [5, 5.41) is -0.964. The van der Waals surface area contributed by atoms with Gasteiger partial charge in [-0.2, -0.15) is 0 Å². The summed E-state index contributed by atoms with van der Waals surface area (Å²) in [6.45, 7) is 4.33. The summed E-state index contributed by atoms with van der Waals surface area (Å²) in [7, 11) is 8.42. The number of halogens is 1. The third kappa shape index (κ3) is 8.65. The van der Waals surface area contributed by atoms with Crippen LogP contribution in [0.3, 0.4) is 0 Å². The third-order valence-corrected chi connectivity index (χ3v) is 11.9. The first kappa shape index (κ1) is 43.1. The Morgan fingerprint density at radius 1 is 0.915 bits per heavy atom. The average Bonchev–Trinajstić information content (AvgIpc) is 3.60. The minimum Gasteiger partial charge on any atom is -0.541 e. The predicted octanol–water partition coefficient (Wildman–Crippen LogP) is 4.02. The molecule has 0 aliphatic carbocycles. The zero-order chi connectivity index (χ0) is 42.8. The molecule has 0 aromatic heterocycles. The lowest BCUT2D eigenvalue weighted by atomic mass is 9.98. The SMILES string of the molecule is [B]OC(=O)[C@@]1(N2CCC[C@H](N(C(=O)OC(C)(C)C)C(=O)C(=O)c3ccc(OCc4ccc(OC)cc4)c(OCc4ccc(OC)cc4)c3Cl)C2=O)CN2C(=O)C(N)[C@H]2S1. The number of carbonyl (C=O) groups is 6. The second kappa shape index (κ2) is 17.4. The van der Waals surface area contributed by atoms with Gasteiger partial charge in [0.25, 0.3) is 5.78 Å². The monoisotopic (exact) mass is 848 g/mol. The highest BCUT2D eigenvalue weighted by atomic mass is 35.5. The number of Topliss-reactive ketones (excluding diaryl/α,β-unsaturated/α-hetero) is 1. The van der Waals surface area contributed by atoms with Gasteiger partial charge in [-0.1, -0.05) is 47.6 Å². The molecule has 3 heterocycles. The highest BCUT2D eigenvalue weighted by molar-refractivity contribution is 8.02. The first-order valence-electron chi connectivity index (χ1n) is 18.4. The van der Waals surface area contributed by atoms with Crippen LogP contribution in [0.1, 0.15) is 55.1 Å². The second-order valence-electron chi connectivity index (χ2n) is 14.9. The van der Waals surface area contributed by atoms with Gasteiger partial charge in [-0.3, -0.25) is 24.0 Å². The fourth-order valence-electron chi connectivity index (χ4n) is 6.85. The van der Waals surface area contributed by atoms with Gasteiger partial charge >= 0.3 is 26.0 Å². The van der Waals surface area contributed by atoms with Crippen molar-refractivity contribution in [2.75, 3.05) is 27.3 Å². The van der Waals surface area contributed by atoms with E-state index < -0.39 is 63.5 Å². The summed E-state index contributed by atoms with van der Waals surface area (Å²) < 4.78 is 32.9. The van der Waals surface area contributed by atoms with E-state index in [1.54, 1.807) is 76.4 Å². The van der Waals surface area contributed by atoms with E-state index in [-0.39, 0.29) is 61.2 Å². The van der Waals surface area contributed by atoms with Crippen molar-refractivity contribution in [3.63, 3.8) is 0 Å². The Balaban J connectivity index is 1.33. The lowest BCUT2D eigenvalue weighted by Gasteiger charge is -2.44. The molecule has 3 fully saturated rings. The van der Waals surface area contributed by atoms with Crippen molar-refractivity contribution in [1.82, 2.24) is 14.7 Å². The van der Waals surface area contributed by atoms with Crippen LogP contribution in [0.25, 0.3) is 0 Å². The van der Waals surface area contributed by atoms with E-state index in [4.69, 9.17) is 49.1 Å². The number of nitrogens with zero attached hydrogens (tertiary/aromatic N) is 3. The highest BCUT2D eigenvalue weighted by Gasteiger charge is 2.65. The van der Waals surface area contributed by atoms with Crippen LogP contribution in [0, 0.1) is 0 Å². The lowest BCUT2D eigenvalue weighted by molar-refractivity contribution is -0.159. The number of piperidine rings is 1. The first-order chi connectivity index (χ1) is 28.0. The van der Waals surface area contributed by atoms with Gasteiger partial charge in [-0.05, 0) is 81.1 Å². The van der Waals surface area contributed by atoms with Crippen LogP contribution in [-0.4, -0.2) is 114 Å². The molecule has 310 valence electrons. The third-order valence-electron chi connectivity index (χ3n) is 9.87. The summed E-state index contributed by atoms with van der Waals surface area (Å²) in [4.78, 5) is 84.1. The molecule has 59 heavy (non-hydrogen) atoms. The number of rotatable bonds is 13. The predicted molar refractivity (Wildman–Crippen MR) is 214 cm³/mol. The van der Waals surface area contributed by atoms with E-state index in [0.717, 1.165) is 22.2 Å². The highest BCUT2D eigenvalue weighted by Crippen LogP contribution is 2.50. The number of methoxy groups -OCH3 is 2. The molecule has 2 radical (unpaired) electrons. The number of carbonyl (C=O) groups excluding carboxylic acids is 6. The Labute approximate surface area is 350 Å². The quantitative estimate of drug-likeness (QED) is 0.112. The van der Waals surface area contributed by atoms with Gasteiger partial charge in [0, 0.05) is 6.54 Å². The fraction of sp³-hybridized carbons (Fsp3) is 0.400. The number of likely N-dealkylation sites (tertiary alicyclic amines) is 1. The van der Waals surface area contributed by atoms with Gasteiger partial charge in [0.15, 0.2) is 11.5 Å². The van der Waals surface area contributed by atoms with Gasteiger partial charge in [0.2, 0.25) is 16.7 Å². The Morgan fingerprint density at radius 2 is 1.51 bits per heavy atom. The van der Waals surface area contributed by atoms with Crippen molar-refractivity contribution in [2.24, 2.45) is 5.73 Å². The van der Waals surface area contributed by atoms with Crippen LogP contribution in [0.5, 0.6) is 23.0 Å². The van der Waals surface area contributed by atoms with Crippen molar-refractivity contribution in [1.29, 1.82) is 0 Å². The zero-order valence-electron chi connectivity index (χ0n) is 32.9. The van der Waals surface area contributed by atoms with E-state index in [0.29, 0.717) is 22.0 Å². The average molecular weight is 849 g/mol. The molecule has 4 amide bonds. The number of fused-ring (bicyclic) bond motifs is 1. The van der Waals surface area contributed by atoms with E-state index in [1.807, 2.05) is 0 Å².